The molecule has 0 aliphatic carbocycles. The van der Waals surface area contributed by atoms with Gasteiger partial charge in [-0.05, 0) is 39.0 Å². The summed E-state index contributed by atoms with van der Waals surface area (Å²) in [6.45, 7) is 6.79. The number of hydrogen-bond donors (Lipinski definition) is 2. The predicted octanol–water partition coefficient (Wildman–Crippen LogP) is 2.50. The number of nitriles is 1. The number of amides is 3. The normalized spacial score (nSPS) is 13.6. The van der Waals surface area contributed by atoms with Gasteiger partial charge in [0.15, 0.2) is 0 Å². The number of carbonyl (C=O) groups excluding carboxylic acids is 2. The van der Waals surface area contributed by atoms with Gasteiger partial charge >= 0.3 is 6.03 Å². The van der Waals surface area contributed by atoms with Crippen molar-refractivity contribution in [2.75, 3.05) is 6.54 Å². The minimum absolute atomic E-state index is 0.207. The second kappa shape index (κ2) is 7.17. The van der Waals surface area contributed by atoms with Gasteiger partial charge in [0.25, 0.3) is 5.91 Å². The van der Waals surface area contributed by atoms with Gasteiger partial charge in [-0.1, -0.05) is 11.6 Å². The van der Waals surface area contributed by atoms with Crippen LogP contribution in [0.25, 0.3) is 11.3 Å². The summed E-state index contributed by atoms with van der Waals surface area (Å²) in [6, 6.07) is 6.59. The fourth-order valence-corrected chi connectivity index (χ4v) is 3.38. The number of halogens is 1. The van der Waals surface area contributed by atoms with Crippen molar-refractivity contribution in [3.8, 4) is 17.3 Å². The Kier molecular flexibility index (Phi) is 5.04. The third-order valence-corrected chi connectivity index (χ3v) is 4.51. The monoisotopic (exact) mass is 400 g/mol. The number of rotatable bonds is 2. The van der Waals surface area contributed by atoms with Gasteiger partial charge in [0.05, 0.1) is 36.0 Å². The molecule has 1 aromatic carbocycles. The third-order valence-electron chi connectivity index (χ3n) is 4.30. The molecule has 3 N–H and O–H groups in total. The number of nitrogens with two attached hydrogens (primary N) is 1. The van der Waals surface area contributed by atoms with Gasteiger partial charge in [-0.3, -0.25) is 9.48 Å². The van der Waals surface area contributed by atoms with Crippen LogP contribution in [0.5, 0.6) is 0 Å². The summed E-state index contributed by atoms with van der Waals surface area (Å²) < 4.78 is 1.68. The maximum absolute atomic E-state index is 12.5. The summed E-state index contributed by atoms with van der Waals surface area (Å²) in [5, 5.41) is 17.0. The van der Waals surface area contributed by atoms with E-state index < -0.39 is 5.91 Å². The number of fused-ring (bicyclic) bond motifs is 1. The van der Waals surface area contributed by atoms with Crippen LogP contribution in [0.2, 0.25) is 5.02 Å². The number of benzene rings is 1. The van der Waals surface area contributed by atoms with Crippen LogP contribution in [-0.2, 0) is 13.1 Å². The SMILES string of the molecule is CC(C)(C)NC(=O)N1CCn2nc(-c3cc(Cl)cc(C#N)c3)c(C(N)=O)c2C1. The molecule has 1 aliphatic rings. The molecule has 0 saturated carbocycles. The second-order valence-corrected chi connectivity index (χ2v) is 8.14. The lowest BCUT2D eigenvalue weighted by atomic mass is 10.0. The van der Waals surface area contributed by atoms with E-state index in [-0.39, 0.29) is 23.7 Å². The van der Waals surface area contributed by atoms with Crippen LogP contribution in [0.4, 0.5) is 4.79 Å². The standard InChI is InChI=1S/C19H21ClN6O2/c1-19(2,3)23-18(28)25-4-5-26-14(10-25)15(17(22)27)16(24-26)12-6-11(9-21)7-13(20)8-12/h6-8H,4-5,10H2,1-3H3,(H2,22,27)(H,23,28). The highest BCUT2D eigenvalue weighted by atomic mass is 35.5. The van der Waals surface area contributed by atoms with Gasteiger partial charge < -0.3 is 16.0 Å². The second-order valence-electron chi connectivity index (χ2n) is 7.70. The van der Waals surface area contributed by atoms with E-state index in [0.717, 1.165) is 0 Å². The van der Waals surface area contributed by atoms with Crippen LogP contribution < -0.4 is 11.1 Å². The lowest BCUT2D eigenvalue weighted by Gasteiger charge is -2.31. The van der Waals surface area contributed by atoms with Crippen LogP contribution in [0.1, 0.15) is 42.4 Å². The van der Waals surface area contributed by atoms with Crippen molar-refractivity contribution in [2.24, 2.45) is 5.73 Å². The van der Waals surface area contributed by atoms with Crippen molar-refractivity contribution in [1.82, 2.24) is 20.0 Å². The first-order chi connectivity index (χ1) is 13.1. The Labute approximate surface area is 167 Å². The first-order valence-corrected chi connectivity index (χ1v) is 9.14. The highest BCUT2D eigenvalue weighted by Gasteiger charge is 2.30. The van der Waals surface area contributed by atoms with Crippen LogP contribution in [0.3, 0.4) is 0 Å². The quantitative estimate of drug-likeness (QED) is 0.805. The Morgan fingerprint density at radius 2 is 2.00 bits per heavy atom. The number of hydrogen-bond acceptors (Lipinski definition) is 4. The van der Waals surface area contributed by atoms with Crippen LogP contribution >= 0.6 is 11.6 Å². The van der Waals surface area contributed by atoms with Crippen molar-refractivity contribution in [3.05, 3.63) is 40.0 Å². The molecule has 3 rings (SSSR count). The fraction of sp³-hybridized carbons (Fsp3) is 0.368. The molecule has 146 valence electrons. The van der Waals surface area contributed by atoms with Crippen molar-refractivity contribution in [2.45, 2.75) is 39.4 Å². The van der Waals surface area contributed by atoms with Gasteiger partial charge in [0.1, 0.15) is 5.69 Å². The number of carbonyl (C=O) groups is 2. The summed E-state index contributed by atoms with van der Waals surface area (Å²) in [7, 11) is 0. The van der Waals surface area contributed by atoms with E-state index in [4.69, 9.17) is 17.3 Å². The Morgan fingerprint density at radius 1 is 1.29 bits per heavy atom. The molecular formula is C19H21ClN6O2. The number of urea groups is 1. The molecule has 0 unspecified atom stereocenters. The van der Waals surface area contributed by atoms with Crippen LogP contribution in [0.15, 0.2) is 18.2 Å². The zero-order valence-corrected chi connectivity index (χ0v) is 16.7. The molecular weight excluding hydrogens is 380 g/mol. The predicted molar refractivity (Wildman–Crippen MR) is 105 cm³/mol. The summed E-state index contributed by atoms with van der Waals surface area (Å²) in [5.41, 5.74) is 7.32. The van der Waals surface area contributed by atoms with E-state index in [9.17, 15) is 14.9 Å². The topological polar surface area (TPSA) is 117 Å². The smallest absolute Gasteiger partial charge is 0.318 e. The molecule has 9 heteroatoms. The Morgan fingerprint density at radius 3 is 2.61 bits per heavy atom. The molecule has 0 bridgehead atoms. The molecule has 1 aromatic heterocycles. The van der Waals surface area contributed by atoms with Gasteiger partial charge in [-0.15, -0.1) is 0 Å². The Hall–Kier alpha value is -3.05. The van der Waals surface area contributed by atoms with Crippen LogP contribution in [0, 0.1) is 11.3 Å². The molecule has 8 nitrogen and oxygen atoms in total. The lowest BCUT2D eigenvalue weighted by molar-refractivity contribution is 0.0997. The molecule has 0 radical (unpaired) electrons. The molecule has 2 aromatic rings. The van der Waals surface area contributed by atoms with Gasteiger partial charge in [0.2, 0.25) is 0 Å². The molecule has 0 spiro atoms. The molecule has 28 heavy (non-hydrogen) atoms. The first-order valence-electron chi connectivity index (χ1n) is 8.76. The first kappa shape index (κ1) is 19.7. The highest BCUT2D eigenvalue weighted by molar-refractivity contribution is 6.31. The molecule has 1 aliphatic heterocycles. The molecule has 3 amide bonds. The number of nitrogens with one attached hydrogen (secondary N) is 1. The number of nitrogens with zero attached hydrogens (tertiary/aromatic N) is 4. The maximum Gasteiger partial charge on any atom is 0.318 e. The van der Waals surface area contributed by atoms with Crippen molar-refractivity contribution >= 4 is 23.5 Å². The molecule has 2 heterocycles. The fourth-order valence-electron chi connectivity index (χ4n) is 3.14. The minimum Gasteiger partial charge on any atom is -0.365 e. The summed E-state index contributed by atoms with van der Waals surface area (Å²) in [4.78, 5) is 26.4. The number of primary amides is 1. The highest BCUT2D eigenvalue weighted by Crippen LogP contribution is 2.30. The summed E-state index contributed by atoms with van der Waals surface area (Å²) >= 11 is 6.10. The molecule has 0 fully saturated rings. The minimum atomic E-state index is -0.646. The molecule has 0 atom stereocenters. The Balaban J connectivity index is 2.03. The van der Waals surface area contributed by atoms with Crippen molar-refractivity contribution in [3.63, 3.8) is 0 Å². The lowest BCUT2D eigenvalue weighted by Crippen LogP contribution is -2.50. The maximum atomic E-state index is 12.5. The van der Waals surface area contributed by atoms with Gasteiger partial charge in [-0.2, -0.15) is 10.4 Å². The van der Waals surface area contributed by atoms with E-state index in [1.54, 1.807) is 21.7 Å². The third kappa shape index (κ3) is 3.94. The van der Waals surface area contributed by atoms with E-state index in [2.05, 4.69) is 10.4 Å². The van der Waals surface area contributed by atoms with Crippen molar-refractivity contribution < 1.29 is 9.59 Å². The van der Waals surface area contributed by atoms with E-state index in [1.165, 1.54) is 6.07 Å². The van der Waals surface area contributed by atoms with E-state index in [0.29, 0.717) is 40.6 Å². The zero-order chi connectivity index (χ0) is 20.6. The van der Waals surface area contributed by atoms with E-state index in [1.807, 2.05) is 26.8 Å². The summed E-state index contributed by atoms with van der Waals surface area (Å²) in [5.74, 6) is -0.646. The average molecular weight is 401 g/mol. The zero-order valence-electron chi connectivity index (χ0n) is 15.9. The Bertz CT molecular complexity index is 999. The van der Waals surface area contributed by atoms with Crippen molar-refractivity contribution in [1.29, 1.82) is 5.26 Å². The summed E-state index contributed by atoms with van der Waals surface area (Å²) in [6.07, 6.45) is 0. The number of aromatic nitrogens is 2. The molecule has 0 saturated heterocycles. The van der Waals surface area contributed by atoms with Crippen LogP contribution in [-0.4, -0.2) is 38.7 Å². The van der Waals surface area contributed by atoms with Gasteiger partial charge in [0, 0.05) is 22.7 Å². The largest absolute Gasteiger partial charge is 0.365 e. The van der Waals surface area contributed by atoms with E-state index >= 15 is 0 Å². The van der Waals surface area contributed by atoms with Gasteiger partial charge in [-0.25, -0.2) is 4.79 Å². The average Bonchev–Trinajstić information content (AvgIpc) is 2.98.